The number of hydrogen-bond acceptors (Lipinski definition) is 5. The Morgan fingerprint density at radius 3 is 2.37 bits per heavy atom. The number of benzene rings is 1. The first-order valence-corrected chi connectivity index (χ1v) is 5.74. The molecule has 0 aliphatic rings. The molecule has 0 aliphatic carbocycles. The number of rotatable bonds is 5. The molecule has 0 bridgehead atoms. The molecule has 0 spiro atoms. The lowest BCUT2D eigenvalue weighted by atomic mass is 10.0. The SMILES string of the molecule is COCc1cc(-c2cn[nH]c2N)c(OC)cc1OC. The highest BCUT2D eigenvalue weighted by atomic mass is 16.5. The van der Waals surface area contributed by atoms with E-state index in [-0.39, 0.29) is 0 Å². The quantitative estimate of drug-likeness (QED) is 0.859. The molecule has 0 unspecified atom stereocenters. The van der Waals surface area contributed by atoms with E-state index in [9.17, 15) is 0 Å². The standard InChI is InChI=1S/C13H17N3O3/c1-17-7-8-4-9(10-6-15-16-13(10)14)12(19-3)5-11(8)18-2/h4-6H,7H2,1-3H3,(H3,14,15,16). The van der Waals surface area contributed by atoms with Crippen molar-refractivity contribution in [3.8, 4) is 22.6 Å². The number of H-pyrrole nitrogens is 1. The lowest BCUT2D eigenvalue weighted by molar-refractivity contribution is 0.181. The molecule has 6 nitrogen and oxygen atoms in total. The lowest BCUT2D eigenvalue weighted by Gasteiger charge is -2.14. The zero-order valence-corrected chi connectivity index (χ0v) is 11.2. The van der Waals surface area contributed by atoms with Crippen LogP contribution < -0.4 is 15.2 Å². The summed E-state index contributed by atoms with van der Waals surface area (Å²) in [5.74, 6) is 1.88. The number of ether oxygens (including phenoxy) is 3. The van der Waals surface area contributed by atoms with Gasteiger partial charge in [0.1, 0.15) is 17.3 Å². The Bertz CT molecular complexity index is 566. The largest absolute Gasteiger partial charge is 0.496 e. The Hall–Kier alpha value is -2.21. The van der Waals surface area contributed by atoms with E-state index >= 15 is 0 Å². The molecule has 19 heavy (non-hydrogen) atoms. The number of aromatic nitrogens is 2. The van der Waals surface area contributed by atoms with Gasteiger partial charge >= 0.3 is 0 Å². The Morgan fingerprint density at radius 2 is 1.84 bits per heavy atom. The van der Waals surface area contributed by atoms with Crippen LogP contribution >= 0.6 is 0 Å². The van der Waals surface area contributed by atoms with Crippen LogP contribution in [0.2, 0.25) is 0 Å². The van der Waals surface area contributed by atoms with Gasteiger partial charge < -0.3 is 19.9 Å². The summed E-state index contributed by atoms with van der Waals surface area (Å²) in [5.41, 5.74) is 8.41. The maximum Gasteiger partial charge on any atom is 0.130 e. The van der Waals surface area contributed by atoms with E-state index in [0.29, 0.717) is 23.9 Å². The molecular formula is C13H17N3O3. The predicted octanol–water partition coefficient (Wildman–Crippen LogP) is 1.82. The topological polar surface area (TPSA) is 82.4 Å². The molecule has 0 fully saturated rings. The molecule has 3 N–H and O–H groups in total. The molecule has 0 saturated carbocycles. The second kappa shape index (κ2) is 5.62. The zero-order valence-electron chi connectivity index (χ0n) is 11.2. The summed E-state index contributed by atoms with van der Waals surface area (Å²) < 4.78 is 15.9. The Morgan fingerprint density at radius 1 is 1.11 bits per heavy atom. The summed E-state index contributed by atoms with van der Waals surface area (Å²) in [6, 6.07) is 3.75. The molecule has 0 amide bonds. The highest BCUT2D eigenvalue weighted by molar-refractivity contribution is 5.79. The molecular weight excluding hydrogens is 246 g/mol. The number of nitrogens with zero attached hydrogens (tertiary/aromatic N) is 1. The van der Waals surface area contributed by atoms with Crippen molar-refractivity contribution in [3.05, 3.63) is 23.9 Å². The summed E-state index contributed by atoms with van der Waals surface area (Å²) in [7, 11) is 4.85. The van der Waals surface area contributed by atoms with Gasteiger partial charge in [0, 0.05) is 29.9 Å². The minimum absolute atomic E-state index is 0.442. The van der Waals surface area contributed by atoms with Gasteiger partial charge in [0.2, 0.25) is 0 Å². The van der Waals surface area contributed by atoms with Gasteiger partial charge in [-0.1, -0.05) is 0 Å². The van der Waals surface area contributed by atoms with Crippen molar-refractivity contribution in [1.29, 1.82) is 0 Å². The van der Waals surface area contributed by atoms with Gasteiger partial charge in [0.15, 0.2) is 0 Å². The van der Waals surface area contributed by atoms with Gasteiger partial charge in [-0.25, -0.2) is 0 Å². The minimum Gasteiger partial charge on any atom is -0.496 e. The monoisotopic (exact) mass is 263 g/mol. The Labute approximate surface area is 111 Å². The maximum absolute atomic E-state index is 5.85. The van der Waals surface area contributed by atoms with Gasteiger partial charge in [0.05, 0.1) is 27.0 Å². The van der Waals surface area contributed by atoms with Crippen molar-refractivity contribution >= 4 is 5.82 Å². The van der Waals surface area contributed by atoms with Gasteiger partial charge in [-0.3, -0.25) is 5.10 Å². The predicted molar refractivity (Wildman–Crippen MR) is 72.3 cm³/mol. The fourth-order valence-electron chi connectivity index (χ4n) is 1.95. The van der Waals surface area contributed by atoms with Crippen LogP contribution in [0.4, 0.5) is 5.82 Å². The second-order valence-electron chi connectivity index (χ2n) is 3.99. The van der Waals surface area contributed by atoms with Crippen LogP contribution in [0.3, 0.4) is 0 Å². The molecule has 102 valence electrons. The van der Waals surface area contributed by atoms with Crippen molar-refractivity contribution in [1.82, 2.24) is 10.2 Å². The van der Waals surface area contributed by atoms with Crippen LogP contribution in [0, 0.1) is 0 Å². The third kappa shape index (κ3) is 2.48. The number of hydrogen-bond donors (Lipinski definition) is 2. The van der Waals surface area contributed by atoms with Crippen LogP contribution in [0.25, 0.3) is 11.1 Å². The second-order valence-corrected chi connectivity index (χ2v) is 3.99. The van der Waals surface area contributed by atoms with Crippen molar-refractivity contribution in [2.75, 3.05) is 27.1 Å². The minimum atomic E-state index is 0.442. The average molecular weight is 263 g/mol. The summed E-state index contributed by atoms with van der Waals surface area (Å²) >= 11 is 0. The number of aromatic amines is 1. The van der Waals surface area contributed by atoms with Gasteiger partial charge in [-0.2, -0.15) is 5.10 Å². The molecule has 2 rings (SSSR count). The van der Waals surface area contributed by atoms with Crippen LogP contribution in [-0.2, 0) is 11.3 Å². The molecule has 2 aromatic rings. The third-order valence-electron chi connectivity index (χ3n) is 2.86. The van der Waals surface area contributed by atoms with Crippen LogP contribution in [0.5, 0.6) is 11.5 Å². The van der Waals surface area contributed by atoms with Crippen LogP contribution in [0.15, 0.2) is 18.3 Å². The van der Waals surface area contributed by atoms with Gasteiger partial charge in [-0.15, -0.1) is 0 Å². The molecule has 1 heterocycles. The number of nitrogen functional groups attached to an aromatic ring is 1. The third-order valence-corrected chi connectivity index (χ3v) is 2.86. The number of nitrogens with two attached hydrogens (primary N) is 1. The van der Waals surface area contributed by atoms with E-state index in [2.05, 4.69) is 10.2 Å². The summed E-state index contributed by atoms with van der Waals surface area (Å²) in [4.78, 5) is 0. The highest BCUT2D eigenvalue weighted by Gasteiger charge is 2.15. The molecule has 0 radical (unpaired) electrons. The average Bonchev–Trinajstić information content (AvgIpc) is 2.84. The maximum atomic E-state index is 5.85. The van der Waals surface area contributed by atoms with Gasteiger partial charge in [-0.05, 0) is 6.07 Å². The molecule has 0 aliphatic heterocycles. The fourth-order valence-corrected chi connectivity index (χ4v) is 1.95. The van der Waals surface area contributed by atoms with E-state index in [4.69, 9.17) is 19.9 Å². The summed E-state index contributed by atoms with van der Waals surface area (Å²) in [5, 5.41) is 6.63. The van der Waals surface area contributed by atoms with Crippen LogP contribution in [0.1, 0.15) is 5.56 Å². The highest BCUT2D eigenvalue weighted by Crippen LogP contribution is 2.38. The fraction of sp³-hybridized carbons (Fsp3) is 0.308. The first-order chi connectivity index (χ1) is 9.21. The number of nitrogens with one attached hydrogen (secondary N) is 1. The van der Waals surface area contributed by atoms with Crippen molar-refractivity contribution < 1.29 is 14.2 Å². The normalized spacial score (nSPS) is 10.5. The molecule has 1 aromatic heterocycles. The Kier molecular flexibility index (Phi) is 3.91. The number of methoxy groups -OCH3 is 3. The first kappa shape index (κ1) is 13.2. The summed E-state index contributed by atoms with van der Waals surface area (Å²) in [6.45, 7) is 0.442. The Balaban J connectivity index is 2.59. The molecule has 1 aromatic carbocycles. The number of anilines is 1. The van der Waals surface area contributed by atoms with E-state index in [1.807, 2.05) is 12.1 Å². The van der Waals surface area contributed by atoms with Crippen molar-refractivity contribution in [3.63, 3.8) is 0 Å². The zero-order chi connectivity index (χ0) is 13.8. The molecule has 0 atom stereocenters. The summed E-state index contributed by atoms with van der Waals surface area (Å²) in [6.07, 6.45) is 1.66. The van der Waals surface area contributed by atoms with Crippen molar-refractivity contribution in [2.45, 2.75) is 6.61 Å². The van der Waals surface area contributed by atoms with E-state index in [1.165, 1.54) is 0 Å². The van der Waals surface area contributed by atoms with E-state index < -0.39 is 0 Å². The first-order valence-electron chi connectivity index (χ1n) is 5.74. The smallest absolute Gasteiger partial charge is 0.130 e. The molecule has 6 heteroatoms. The van der Waals surface area contributed by atoms with Gasteiger partial charge in [0.25, 0.3) is 0 Å². The molecule has 0 saturated heterocycles. The van der Waals surface area contributed by atoms with E-state index in [1.54, 1.807) is 27.5 Å². The van der Waals surface area contributed by atoms with E-state index in [0.717, 1.165) is 16.7 Å². The van der Waals surface area contributed by atoms with Crippen LogP contribution in [-0.4, -0.2) is 31.5 Å². The van der Waals surface area contributed by atoms with Crippen molar-refractivity contribution in [2.24, 2.45) is 0 Å². The lowest BCUT2D eigenvalue weighted by Crippen LogP contribution is -1.98.